The number of para-hydroxylation sites is 1. The molecule has 2 aliphatic rings. The molecule has 0 radical (unpaired) electrons. The van der Waals surface area contributed by atoms with E-state index in [1.165, 1.54) is 18.9 Å². The molecule has 0 aromatic heterocycles. The molecule has 1 N–H and O–H groups in total. The highest BCUT2D eigenvalue weighted by Crippen LogP contribution is 2.43. The Balaban J connectivity index is 1.57. The van der Waals surface area contributed by atoms with Gasteiger partial charge in [-0.15, -0.1) is 0 Å². The molecule has 2 aromatic rings. The number of carbonyl (C=O) groups is 1. The lowest BCUT2D eigenvalue weighted by atomic mass is 9.86. The molecule has 0 aliphatic carbocycles. The van der Waals surface area contributed by atoms with Crippen LogP contribution < -0.4 is 9.47 Å². The number of rotatable bonds is 5. The van der Waals surface area contributed by atoms with E-state index in [1.807, 2.05) is 30.3 Å². The molecule has 2 aromatic carbocycles. The molecule has 1 saturated heterocycles. The number of nitrogens with zero attached hydrogens (tertiary/aromatic N) is 1. The van der Waals surface area contributed by atoms with E-state index in [0.717, 1.165) is 36.5 Å². The number of aromatic hydroxyl groups is 1. The van der Waals surface area contributed by atoms with Gasteiger partial charge >= 0.3 is 5.97 Å². The van der Waals surface area contributed by atoms with Crippen LogP contribution in [0.2, 0.25) is 0 Å². The number of hydrogen-bond donors (Lipinski definition) is 1. The zero-order chi connectivity index (χ0) is 17.9. The van der Waals surface area contributed by atoms with Crippen molar-refractivity contribution >= 4 is 5.97 Å². The topological polar surface area (TPSA) is 59.0 Å². The lowest BCUT2D eigenvalue weighted by Crippen LogP contribution is -2.25. The van der Waals surface area contributed by atoms with Gasteiger partial charge in [0.05, 0.1) is 6.42 Å². The highest BCUT2D eigenvalue weighted by molar-refractivity contribution is 5.78. The van der Waals surface area contributed by atoms with Gasteiger partial charge in [-0.1, -0.05) is 24.3 Å². The van der Waals surface area contributed by atoms with E-state index in [2.05, 4.69) is 4.90 Å². The summed E-state index contributed by atoms with van der Waals surface area (Å²) in [5.41, 5.74) is 1.88. The Kier molecular flexibility index (Phi) is 4.80. The van der Waals surface area contributed by atoms with Gasteiger partial charge < -0.3 is 14.6 Å². The SMILES string of the molecule is O=C1CC(c2ccccc2OCCN2CCCC2)c2ccc(O)cc2O1. The summed E-state index contributed by atoms with van der Waals surface area (Å²) < 4.78 is 11.4. The van der Waals surface area contributed by atoms with E-state index in [0.29, 0.717) is 12.4 Å². The average molecular weight is 353 g/mol. The predicted octanol–water partition coefficient (Wildman–Crippen LogP) is 3.31. The molecule has 0 amide bonds. The first-order valence-corrected chi connectivity index (χ1v) is 9.18. The number of likely N-dealkylation sites (tertiary alicyclic amines) is 1. The second kappa shape index (κ2) is 7.38. The quantitative estimate of drug-likeness (QED) is 0.660. The Bertz CT molecular complexity index is 798. The maximum absolute atomic E-state index is 12.1. The average Bonchev–Trinajstić information content (AvgIpc) is 3.14. The van der Waals surface area contributed by atoms with Crippen molar-refractivity contribution in [1.29, 1.82) is 0 Å². The lowest BCUT2D eigenvalue weighted by Gasteiger charge is -2.26. The van der Waals surface area contributed by atoms with E-state index in [4.69, 9.17) is 9.47 Å². The Morgan fingerprint density at radius 2 is 1.92 bits per heavy atom. The molecule has 136 valence electrons. The number of esters is 1. The van der Waals surface area contributed by atoms with Crippen molar-refractivity contribution in [1.82, 2.24) is 4.90 Å². The van der Waals surface area contributed by atoms with Crippen molar-refractivity contribution in [3.05, 3.63) is 53.6 Å². The number of benzene rings is 2. The van der Waals surface area contributed by atoms with Crippen LogP contribution in [0.25, 0.3) is 0 Å². The Morgan fingerprint density at radius 1 is 1.12 bits per heavy atom. The largest absolute Gasteiger partial charge is 0.508 e. The molecule has 0 bridgehead atoms. The molecule has 1 atom stereocenters. The summed E-state index contributed by atoms with van der Waals surface area (Å²) in [4.78, 5) is 14.5. The summed E-state index contributed by atoms with van der Waals surface area (Å²) in [6.07, 6.45) is 2.80. The van der Waals surface area contributed by atoms with Crippen LogP contribution in [0.5, 0.6) is 17.2 Å². The Labute approximate surface area is 153 Å². The minimum absolute atomic E-state index is 0.0901. The Hall–Kier alpha value is -2.53. The highest BCUT2D eigenvalue weighted by Gasteiger charge is 2.30. The van der Waals surface area contributed by atoms with Crippen molar-refractivity contribution < 1.29 is 19.4 Å². The fourth-order valence-electron chi connectivity index (χ4n) is 3.81. The van der Waals surface area contributed by atoms with E-state index >= 15 is 0 Å². The Morgan fingerprint density at radius 3 is 2.77 bits per heavy atom. The van der Waals surface area contributed by atoms with E-state index in [1.54, 1.807) is 6.07 Å². The molecule has 2 aliphatic heterocycles. The van der Waals surface area contributed by atoms with E-state index in [-0.39, 0.29) is 24.1 Å². The van der Waals surface area contributed by atoms with Gasteiger partial charge in [0, 0.05) is 29.7 Å². The number of hydrogen-bond acceptors (Lipinski definition) is 5. The molecule has 4 rings (SSSR count). The van der Waals surface area contributed by atoms with Crippen LogP contribution in [0.4, 0.5) is 0 Å². The van der Waals surface area contributed by atoms with Crippen LogP contribution in [-0.4, -0.2) is 42.2 Å². The maximum Gasteiger partial charge on any atom is 0.312 e. The summed E-state index contributed by atoms with van der Waals surface area (Å²) in [5, 5.41) is 9.69. The van der Waals surface area contributed by atoms with Crippen molar-refractivity contribution in [3.63, 3.8) is 0 Å². The van der Waals surface area contributed by atoms with Crippen molar-refractivity contribution in [2.24, 2.45) is 0 Å². The normalized spacial score (nSPS) is 19.8. The van der Waals surface area contributed by atoms with Gasteiger partial charge in [0.25, 0.3) is 0 Å². The van der Waals surface area contributed by atoms with E-state index in [9.17, 15) is 9.90 Å². The molecule has 5 heteroatoms. The smallest absolute Gasteiger partial charge is 0.312 e. The van der Waals surface area contributed by atoms with Crippen LogP contribution in [0.15, 0.2) is 42.5 Å². The molecule has 5 nitrogen and oxygen atoms in total. The van der Waals surface area contributed by atoms with Crippen LogP contribution in [0, 0.1) is 0 Å². The van der Waals surface area contributed by atoms with Gasteiger partial charge in [-0.25, -0.2) is 0 Å². The molecule has 2 heterocycles. The summed E-state index contributed by atoms with van der Waals surface area (Å²) in [6.45, 7) is 3.86. The summed E-state index contributed by atoms with van der Waals surface area (Å²) in [5.74, 6) is 0.908. The fraction of sp³-hybridized carbons (Fsp3) is 0.381. The molecular formula is C21H23NO4. The van der Waals surface area contributed by atoms with Crippen LogP contribution >= 0.6 is 0 Å². The summed E-state index contributed by atoms with van der Waals surface area (Å²) in [6, 6.07) is 12.8. The zero-order valence-corrected chi connectivity index (χ0v) is 14.7. The van der Waals surface area contributed by atoms with Gasteiger partial charge in [-0.2, -0.15) is 0 Å². The van der Waals surface area contributed by atoms with Gasteiger partial charge in [-0.05, 0) is 38.1 Å². The second-order valence-corrected chi connectivity index (χ2v) is 6.89. The van der Waals surface area contributed by atoms with Crippen LogP contribution in [0.1, 0.15) is 36.3 Å². The van der Waals surface area contributed by atoms with Crippen LogP contribution in [-0.2, 0) is 4.79 Å². The number of phenols is 1. The summed E-state index contributed by atoms with van der Waals surface area (Å²) in [7, 11) is 0. The molecule has 0 spiro atoms. The first kappa shape index (κ1) is 16.9. The van der Waals surface area contributed by atoms with Crippen molar-refractivity contribution in [3.8, 4) is 17.2 Å². The first-order chi connectivity index (χ1) is 12.7. The monoisotopic (exact) mass is 353 g/mol. The standard InChI is InChI=1S/C21H23NO4/c23-15-7-8-17-18(14-21(24)26-20(17)13-15)16-5-1-2-6-19(16)25-12-11-22-9-3-4-10-22/h1-2,5-8,13,18,23H,3-4,9-12,14H2. The maximum atomic E-state index is 12.1. The fourth-order valence-corrected chi connectivity index (χ4v) is 3.81. The van der Waals surface area contributed by atoms with Crippen LogP contribution in [0.3, 0.4) is 0 Å². The number of ether oxygens (including phenoxy) is 2. The third kappa shape index (κ3) is 3.53. The number of phenolic OH excluding ortho intramolecular Hbond substituents is 1. The number of carbonyl (C=O) groups excluding carboxylic acids is 1. The molecule has 0 saturated carbocycles. The van der Waals surface area contributed by atoms with Crippen molar-refractivity contribution in [2.45, 2.75) is 25.2 Å². The van der Waals surface area contributed by atoms with Gasteiger partial charge in [0.1, 0.15) is 23.9 Å². The number of fused-ring (bicyclic) bond motifs is 1. The molecule has 1 unspecified atom stereocenters. The minimum atomic E-state index is -0.292. The van der Waals surface area contributed by atoms with Gasteiger partial charge in [-0.3, -0.25) is 9.69 Å². The van der Waals surface area contributed by atoms with Gasteiger partial charge in [0.15, 0.2) is 0 Å². The first-order valence-electron chi connectivity index (χ1n) is 9.18. The minimum Gasteiger partial charge on any atom is -0.508 e. The lowest BCUT2D eigenvalue weighted by molar-refractivity contribution is -0.135. The van der Waals surface area contributed by atoms with Crippen molar-refractivity contribution in [2.75, 3.05) is 26.2 Å². The van der Waals surface area contributed by atoms with E-state index < -0.39 is 0 Å². The predicted molar refractivity (Wildman–Crippen MR) is 97.8 cm³/mol. The highest BCUT2D eigenvalue weighted by atomic mass is 16.5. The third-order valence-electron chi connectivity index (χ3n) is 5.13. The molecule has 1 fully saturated rings. The second-order valence-electron chi connectivity index (χ2n) is 6.89. The zero-order valence-electron chi connectivity index (χ0n) is 14.7. The third-order valence-corrected chi connectivity index (χ3v) is 5.13. The molecular weight excluding hydrogens is 330 g/mol. The summed E-state index contributed by atoms with van der Waals surface area (Å²) >= 11 is 0. The molecule has 26 heavy (non-hydrogen) atoms. The van der Waals surface area contributed by atoms with Gasteiger partial charge in [0.2, 0.25) is 0 Å².